The van der Waals surface area contributed by atoms with E-state index in [2.05, 4.69) is 5.32 Å². The van der Waals surface area contributed by atoms with Crippen molar-refractivity contribution < 1.29 is 14.3 Å². The fourth-order valence-electron chi connectivity index (χ4n) is 1.84. The van der Waals surface area contributed by atoms with E-state index < -0.39 is 5.82 Å². The number of carbonyl (C=O) groups excluding carboxylic acids is 1. The maximum absolute atomic E-state index is 13.2. The van der Waals surface area contributed by atoms with E-state index in [0.717, 1.165) is 0 Å². The van der Waals surface area contributed by atoms with Gasteiger partial charge in [0.15, 0.2) is 0 Å². The van der Waals surface area contributed by atoms with Crippen molar-refractivity contribution in [3.63, 3.8) is 0 Å². The van der Waals surface area contributed by atoms with Gasteiger partial charge in [-0.3, -0.25) is 9.69 Å². The van der Waals surface area contributed by atoms with Crippen LogP contribution in [-0.4, -0.2) is 36.1 Å². The van der Waals surface area contributed by atoms with Crippen LogP contribution >= 0.6 is 0 Å². The molecule has 0 aliphatic rings. The molecule has 0 aliphatic carbocycles. The number of amides is 1. The predicted octanol–water partition coefficient (Wildman–Crippen LogP) is 1.66. The van der Waals surface area contributed by atoms with Gasteiger partial charge in [-0.15, -0.1) is 0 Å². The number of hydrogen-bond acceptors (Lipinski definition) is 3. The lowest BCUT2D eigenvalue weighted by Gasteiger charge is -2.27. The summed E-state index contributed by atoms with van der Waals surface area (Å²) in [7, 11) is 1.57. The largest absolute Gasteiger partial charge is 0.508 e. The summed E-state index contributed by atoms with van der Waals surface area (Å²) < 4.78 is 13.2. The van der Waals surface area contributed by atoms with Crippen molar-refractivity contribution in [3.8, 4) is 5.75 Å². The van der Waals surface area contributed by atoms with E-state index in [1.165, 1.54) is 18.2 Å². The molecule has 0 spiro atoms. The number of halogens is 1. The minimum absolute atomic E-state index is 0.0410. The van der Waals surface area contributed by atoms with E-state index in [-0.39, 0.29) is 24.2 Å². The maximum atomic E-state index is 13.2. The van der Waals surface area contributed by atoms with Gasteiger partial charge in [-0.1, -0.05) is 6.92 Å². The van der Waals surface area contributed by atoms with Crippen LogP contribution < -0.4 is 5.32 Å². The number of rotatable bonds is 5. The lowest BCUT2D eigenvalue weighted by Crippen LogP contribution is -2.37. The molecule has 18 heavy (non-hydrogen) atoms. The van der Waals surface area contributed by atoms with Crippen molar-refractivity contribution in [3.05, 3.63) is 29.6 Å². The monoisotopic (exact) mass is 254 g/mol. The number of carbonyl (C=O) groups is 1. The van der Waals surface area contributed by atoms with Gasteiger partial charge in [-0.2, -0.15) is 0 Å². The molecule has 1 aromatic rings. The molecule has 0 aliphatic heterocycles. The Hall–Kier alpha value is -1.62. The summed E-state index contributed by atoms with van der Waals surface area (Å²) in [6.07, 6.45) is 0. The first-order valence-corrected chi connectivity index (χ1v) is 5.92. The third-order valence-corrected chi connectivity index (χ3v) is 3.02. The van der Waals surface area contributed by atoms with Crippen molar-refractivity contribution in [2.75, 3.05) is 20.1 Å². The van der Waals surface area contributed by atoms with E-state index >= 15 is 0 Å². The van der Waals surface area contributed by atoms with Crippen LogP contribution in [0.4, 0.5) is 4.39 Å². The minimum atomic E-state index is -0.398. The van der Waals surface area contributed by atoms with Gasteiger partial charge in [0.25, 0.3) is 0 Å². The number of hydrogen-bond donors (Lipinski definition) is 2. The molecule has 0 bridgehead atoms. The van der Waals surface area contributed by atoms with Crippen molar-refractivity contribution >= 4 is 5.91 Å². The van der Waals surface area contributed by atoms with Gasteiger partial charge in [0.1, 0.15) is 11.6 Å². The van der Waals surface area contributed by atoms with Gasteiger partial charge in [0.2, 0.25) is 5.91 Å². The molecule has 5 heteroatoms. The third kappa shape index (κ3) is 3.43. The number of nitrogens with zero attached hydrogens (tertiary/aromatic N) is 1. The van der Waals surface area contributed by atoms with Crippen molar-refractivity contribution in [2.24, 2.45) is 0 Å². The maximum Gasteiger partial charge on any atom is 0.233 e. The summed E-state index contributed by atoms with van der Waals surface area (Å²) in [5.41, 5.74) is 0.487. The highest BCUT2D eigenvalue weighted by atomic mass is 19.1. The van der Waals surface area contributed by atoms with Crippen molar-refractivity contribution in [1.82, 2.24) is 10.2 Å². The number of nitrogens with one attached hydrogen (secondary N) is 1. The van der Waals surface area contributed by atoms with Gasteiger partial charge >= 0.3 is 0 Å². The Bertz CT molecular complexity index is 423. The lowest BCUT2D eigenvalue weighted by atomic mass is 10.1. The summed E-state index contributed by atoms with van der Waals surface area (Å²) >= 11 is 0. The van der Waals surface area contributed by atoms with E-state index in [1.807, 2.05) is 18.7 Å². The molecule has 0 fully saturated rings. The third-order valence-electron chi connectivity index (χ3n) is 3.02. The zero-order valence-electron chi connectivity index (χ0n) is 10.9. The molecule has 100 valence electrons. The molecule has 1 atom stereocenters. The van der Waals surface area contributed by atoms with Crippen LogP contribution in [0, 0.1) is 5.82 Å². The van der Waals surface area contributed by atoms with E-state index in [4.69, 9.17) is 0 Å². The van der Waals surface area contributed by atoms with Crippen LogP contribution in [0.15, 0.2) is 18.2 Å². The van der Waals surface area contributed by atoms with Crippen LogP contribution in [0.1, 0.15) is 25.5 Å². The Morgan fingerprint density at radius 1 is 1.56 bits per heavy atom. The number of phenolic OH excluding ortho intramolecular Hbond substituents is 1. The zero-order valence-corrected chi connectivity index (χ0v) is 10.9. The van der Waals surface area contributed by atoms with Gasteiger partial charge in [0.05, 0.1) is 6.54 Å². The van der Waals surface area contributed by atoms with Crippen molar-refractivity contribution in [2.45, 2.75) is 19.9 Å². The van der Waals surface area contributed by atoms with Gasteiger partial charge < -0.3 is 10.4 Å². The zero-order chi connectivity index (χ0) is 13.7. The fraction of sp³-hybridized carbons (Fsp3) is 0.462. The molecule has 1 aromatic carbocycles. The number of aromatic hydroxyl groups is 1. The van der Waals surface area contributed by atoms with Crippen LogP contribution in [0.3, 0.4) is 0 Å². The first-order chi connectivity index (χ1) is 8.49. The summed E-state index contributed by atoms with van der Waals surface area (Å²) in [5, 5.41) is 12.3. The predicted molar refractivity (Wildman–Crippen MR) is 67.8 cm³/mol. The van der Waals surface area contributed by atoms with Crippen LogP contribution in [-0.2, 0) is 4.79 Å². The van der Waals surface area contributed by atoms with E-state index in [9.17, 15) is 14.3 Å². The van der Waals surface area contributed by atoms with Gasteiger partial charge in [0, 0.05) is 18.7 Å². The Kier molecular flexibility index (Phi) is 5.09. The summed E-state index contributed by atoms with van der Waals surface area (Å²) in [5.74, 6) is -0.468. The molecule has 0 radical (unpaired) electrons. The minimum Gasteiger partial charge on any atom is -0.508 e. The summed E-state index contributed by atoms with van der Waals surface area (Å²) in [4.78, 5) is 13.2. The molecule has 1 amide bonds. The molecule has 0 aromatic heterocycles. The van der Waals surface area contributed by atoms with Gasteiger partial charge in [-0.25, -0.2) is 4.39 Å². The van der Waals surface area contributed by atoms with Crippen LogP contribution in [0.2, 0.25) is 0 Å². The number of benzene rings is 1. The van der Waals surface area contributed by atoms with E-state index in [1.54, 1.807) is 7.05 Å². The molecule has 1 rings (SSSR count). The lowest BCUT2D eigenvalue weighted by molar-refractivity contribution is -0.122. The standard InChI is InChI=1S/C13H19FN2O2/c1-4-16(8-13(18)15-3)9(2)11-7-10(14)5-6-12(11)17/h5-7,9,17H,4,8H2,1-3H3,(H,15,18). The smallest absolute Gasteiger partial charge is 0.233 e. The first-order valence-electron chi connectivity index (χ1n) is 5.92. The van der Waals surface area contributed by atoms with Crippen molar-refractivity contribution in [1.29, 1.82) is 0 Å². The molecule has 4 nitrogen and oxygen atoms in total. The topological polar surface area (TPSA) is 52.6 Å². The second kappa shape index (κ2) is 6.35. The molecule has 0 saturated carbocycles. The molecule has 0 heterocycles. The highest BCUT2D eigenvalue weighted by Gasteiger charge is 2.19. The number of likely N-dealkylation sites (N-methyl/N-ethyl adjacent to an activating group) is 2. The number of phenols is 1. The van der Waals surface area contributed by atoms with E-state index in [0.29, 0.717) is 12.1 Å². The summed E-state index contributed by atoms with van der Waals surface area (Å²) in [6.45, 7) is 4.59. The normalized spacial score (nSPS) is 12.5. The Labute approximate surface area is 106 Å². The Morgan fingerprint density at radius 3 is 2.78 bits per heavy atom. The highest BCUT2D eigenvalue weighted by Crippen LogP contribution is 2.28. The second-order valence-electron chi connectivity index (χ2n) is 4.12. The van der Waals surface area contributed by atoms with Gasteiger partial charge in [-0.05, 0) is 31.7 Å². The highest BCUT2D eigenvalue weighted by molar-refractivity contribution is 5.77. The molecule has 0 saturated heterocycles. The molecule has 1 unspecified atom stereocenters. The average molecular weight is 254 g/mol. The van der Waals surface area contributed by atoms with Crippen LogP contribution in [0.5, 0.6) is 5.75 Å². The first kappa shape index (κ1) is 14.4. The Balaban J connectivity index is 2.92. The average Bonchev–Trinajstić information content (AvgIpc) is 2.37. The fourth-order valence-corrected chi connectivity index (χ4v) is 1.84. The van der Waals surface area contributed by atoms with Crippen LogP contribution in [0.25, 0.3) is 0 Å². The molecular weight excluding hydrogens is 235 g/mol. The summed E-state index contributed by atoms with van der Waals surface area (Å²) in [6, 6.07) is 3.60. The Morgan fingerprint density at radius 2 is 2.22 bits per heavy atom. The molecular formula is C13H19FN2O2. The molecule has 2 N–H and O–H groups in total. The SMILES string of the molecule is CCN(CC(=O)NC)C(C)c1cc(F)ccc1O. The second-order valence-corrected chi connectivity index (χ2v) is 4.12. The quantitative estimate of drug-likeness (QED) is 0.840.